The predicted molar refractivity (Wildman–Crippen MR) is 260 cm³/mol. The molecule has 3 heteroatoms. The second kappa shape index (κ2) is 14.4. The van der Waals surface area contributed by atoms with Gasteiger partial charge in [-0.25, -0.2) is 0 Å². The van der Waals surface area contributed by atoms with Crippen LogP contribution in [0.1, 0.15) is 49.9 Å². The first-order valence-electron chi connectivity index (χ1n) is 21.3. The van der Waals surface area contributed by atoms with Crippen molar-refractivity contribution < 1.29 is 0 Å². The van der Waals surface area contributed by atoms with E-state index in [2.05, 4.69) is 244 Å². The number of nitrogens with zero attached hydrogens (tertiary/aromatic N) is 2. The average Bonchev–Trinajstić information content (AvgIpc) is 3.81. The van der Waals surface area contributed by atoms with Gasteiger partial charge in [-0.15, -0.1) is 11.3 Å². The van der Waals surface area contributed by atoms with Crippen LogP contribution in [0.3, 0.4) is 0 Å². The number of para-hydroxylation sites is 2. The molecule has 0 saturated carbocycles. The lowest BCUT2D eigenvalue weighted by Gasteiger charge is -2.49. The van der Waals surface area contributed by atoms with E-state index in [4.69, 9.17) is 0 Å². The molecule has 0 amide bonds. The Hall–Kier alpha value is -6.94. The molecule has 3 heterocycles. The first kappa shape index (κ1) is 37.1. The summed E-state index contributed by atoms with van der Waals surface area (Å²) < 4.78 is 0. The van der Waals surface area contributed by atoms with Crippen LogP contribution in [0.15, 0.2) is 206 Å². The van der Waals surface area contributed by atoms with Gasteiger partial charge < -0.3 is 9.80 Å². The molecule has 2 aliphatic heterocycles. The Morgan fingerprint density at radius 3 is 1.18 bits per heavy atom. The van der Waals surface area contributed by atoms with Gasteiger partial charge in [0.15, 0.2) is 0 Å². The largest absolute Gasteiger partial charge is 0.311 e. The van der Waals surface area contributed by atoms with Crippen LogP contribution in [0.5, 0.6) is 0 Å². The number of thiophene rings is 1. The third kappa shape index (κ3) is 6.14. The van der Waals surface area contributed by atoms with E-state index >= 15 is 0 Å². The fourth-order valence-corrected chi connectivity index (χ4v) is 10.8. The molecule has 61 heavy (non-hydrogen) atoms. The van der Waals surface area contributed by atoms with Gasteiger partial charge in [-0.3, -0.25) is 0 Å². The Morgan fingerprint density at radius 2 is 0.705 bits per heavy atom. The van der Waals surface area contributed by atoms with E-state index < -0.39 is 0 Å². The van der Waals surface area contributed by atoms with Gasteiger partial charge in [0, 0.05) is 37.6 Å². The highest BCUT2D eigenvalue weighted by Gasteiger charge is 2.45. The fourth-order valence-electron chi connectivity index (χ4n) is 9.76. The van der Waals surface area contributed by atoms with Gasteiger partial charge in [-0.05, 0) is 128 Å². The smallest absolute Gasteiger partial charge is 0.0544 e. The first-order chi connectivity index (χ1) is 29.8. The second-order valence-corrected chi connectivity index (χ2v) is 18.5. The van der Waals surface area contributed by atoms with Crippen molar-refractivity contribution in [1.29, 1.82) is 0 Å². The topological polar surface area (TPSA) is 6.48 Å². The quantitative estimate of drug-likeness (QED) is 0.158. The number of benzene rings is 8. The zero-order valence-electron chi connectivity index (χ0n) is 34.9. The summed E-state index contributed by atoms with van der Waals surface area (Å²) in [5.41, 5.74) is 19.6. The molecule has 0 bridgehead atoms. The monoisotopic (exact) mass is 802 g/mol. The van der Waals surface area contributed by atoms with E-state index in [0.717, 1.165) is 17.1 Å². The van der Waals surface area contributed by atoms with Gasteiger partial charge in [-0.2, -0.15) is 0 Å². The van der Waals surface area contributed by atoms with Crippen molar-refractivity contribution in [2.24, 2.45) is 0 Å². The molecule has 1 aromatic heterocycles. The maximum atomic E-state index is 2.53. The second-order valence-electron chi connectivity index (χ2n) is 17.4. The Kier molecular flexibility index (Phi) is 8.73. The van der Waals surface area contributed by atoms with Gasteiger partial charge in [0.1, 0.15) is 0 Å². The summed E-state index contributed by atoms with van der Waals surface area (Å²) in [5, 5.41) is 0. The van der Waals surface area contributed by atoms with Crippen molar-refractivity contribution in [1.82, 2.24) is 0 Å². The molecule has 0 fully saturated rings. The highest BCUT2D eigenvalue weighted by atomic mass is 32.1. The van der Waals surface area contributed by atoms with Crippen LogP contribution in [0, 0.1) is 0 Å². The zero-order chi connectivity index (χ0) is 41.3. The molecule has 0 spiro atoms. The van der Waals surface area contributed by atoms with Gasteiger partial charge in [0.25, 0.3) is 0 Å². The van der Waals surface area contributed by atoms with Crippen LogP contribution in [-0.2, 0) is 10.8 Å². The Labute approximate surface area is 363 Å². The standard InChI is InChI=1S/C58H46N2S/c1-57(2)48-19-11-13-21-52(48)60-53-22-14-12-20-49(53)58(3,4)51-38-44(37-50(57)56(51)60)41-25-31-46(32-26-41)59(45-29-23-40(24-30-45)39-15-7-5-8-16-39)47-33-27-43(28-34-47)55-36-35-54(61-55)42-17-9-6-10-18-42/h5-38H,1-4H3. The maximum Gasteiger partial charge on any atom is 0.0544 e. The minimum atomic E-state index is -0.184. The molecule has 11 rings (SSSR count). The summed E-state index contributed by atoms with van der Waals surface area (Å²) in [6.07, 6.45) is 0. The number of hydrogen-bond donors (Lipinski definition) is 0. The van der Waals surface area contributed by atoms with Crippen LogP contribution in [-0.4, -0.2) is 0 Å². The molecule has 0 atom stereocenters. The third-order valence-electron chi connectivity index (χ3n) is 13.1. The molecule has 2 aliphatic rings. The minimum absolute atomic E-state index is 0.184. The third-order valence-corrected chi connectivity index (χ3v) is 14.3. The van der Waals surface area contributed by atoms with Gasteiger partial charge >= 0.3 is 0 Å². The van der Waals surface area contributed by atoms with Crippen molar-refractivity contribution in [2.75, 3.05) is 9.80 Å². The Balaban J connectivity index is 0.995. The number of hydrogen-bond acceptors (Lipinski definition) is 3. The molecule has 0 radical (unpaired) electrons. The molecule has 294 valence electrons. The summed E-state index contributed by atoms with van der Waals surface area (Å²) >= 11 is 1.84. The Morgan fingerprint density at radius 1 is 0.344 bits per heavy atom. The van der Waals surface area contributed by atoms with Crippen molar-refractivity contribution in [3.8, 4) is 43.1 Å². The van der Waals surface area contributed by atoms with Crippen LogP contribution in [0.25, 0.3) is 43.1 Å². The van der Waals surface area contributed by atoms with Crippen LogP contribution >= 0.6 is 11.3 Å². The molecule has 9 aromatic rings. The van der Waals surface area contributed by atoms with E-state index in [0.29, 0.717) is 0 Å². The lowest BCUT2D eigenvalue weighted by molar-refractivity contribution is 0.598. The van der Waals surface area contributed by atoms with Crippen LogP contribution in [0.2, 0.25) is 0 Å². The highest BCUT2D eigenvalue weighted by Crippen LogP contribution is 2.60. The highest BCUT2D eigenvalue weighted by molar-refractivity contribution is 7.18. The Bertz CT molecular complexity index is 2970. The van der Waals surface area contributed by atoms with Crippen LogP contribution in [0.4, 0.5) is 34.1 Å². The van der Waals surface area contributed by atoms with Crippen LogP contribution < -0.4 is 9.80 Å². The molecular weight excluding hydrogens is 757 g/mol. The SMILES string of the molecule is CC1(C)c2ccccc2N2c3ccccc3C(C)(C)c3cc(-c4ccc(N(c5ccc(-c6ccccc6)cc5)c5ccc(-c6ccc(-c7ccccc7)s6)cc5)cc4)cc1c32. The van der Waals surface area contributed by atoms with Gasteiger partial charge in [0.2, 0.25) is 0 Å². The fraction of sp³-hybridized carbons (Fsp3) is 0.103. The average molecular weight is 803 g/mol. The molecule has 0 aliphatic carbocycles. The number of anilines is 6. The van der Waals surface area contributed by atoms with Crippen molar-refractivity contribution >= 4 is 45.5 Å². The number of fused-ring (bicyclic) bond motifs is 4. The summed E-state index contributed by atoms with van der Waals surface area (Å²) in [5.74, 6) is 0. The molecule has 0 unspecified atom stereocenters. The summed E-state index contributed by atoms with van der Waals surface area (Å²) in [7, 11) is 0. The maximum absolute atomic E-state index is 2.53. The predicted octanol–water partition coefficient (Wildman–Crippen LogP) is 16.6. The van der Waals surface area contributed by atoms with Gasteiger partial charge in [0.05, 0.1) is 17.1 Å². The minimum Gasteiger partial charge on any atom is -0.311 e. The first-order valence-corrected chi connectivity index (χ1v) is 22.1. The van der Waals surface area contributed by atoms with E-state index in [-0.39, 0.29) is 10.8 Å². The molecule has 0 saturated heterocycles. The molecule has 8 aromatic carbocycles. The van der Waals surface area contributed by atoms with E-state index in [1.165, 1.54) is 82.5 Å². The van der Waals surface area contributed by atoms with Crippen molar-refractivity contribution in [3.05, 3.63) is 229 Å². The number of rotatable bonds is 7. The molecular formula is C58H46N2S. The summed E-state index contributed by atoms with van der Waals surface area (Å²) in [4.78, 5) is 7.45. The van der Waals surface area contributed by atoms with E-state index in [1.54, 1.807) is 0 Å². The normalized spacial score (nSPS) is 14.1. The lowest BCUT2D eigenvalue weighted by atomic mass is 9.65. The zero-order valence-corrected chi connectivity index (χ0v) is 35.7. The van der Waals surface area contributed by atoms with Crippen molar-refractivity contribution in [3.63, 3.8) is 0 Å². The van der Waals surface area contributed by atoms with Crippen molar-refractivity contribution in [2.45, 2.75) is 38.5 Å². The van der Waals surface area contributed by atoms with Gasteiger partial charge in [-0.1, -0.05) is 161 Å². The molecule has 2 nitrogen and oxygen atoms in total. The molecule has 0 N–H and O–H groups in total. The summed E-state index contributed by atoms with van der Waals surface area (Å²) in [6, 6.07) is 75.8. The summed E-state index contributed by atoms with van der Waals surface area (Å²) in [6.45, 7) is 9.58. The van der Waals surface area contributed by atoms with E-state index in [1.807, 2.05) is 11.3 Å². The lowest BCUT2D eigenvalue weighted by Crippen LogP contribution is -2.38. The van der Waals surface area contributed by atoms with E-state index in [9.17, 15) is 0 Å².